The van der Waals surface area contributed by atoms with Crippen molar-refractivity contribution in [3.05, 3.63) is 52.5 Å². The highest BCUT2D eigenvalue weighted by Gasteiger charge is 2.15. The highest BCUT2D eigenvalue weighted by molar-refractivity contribution is 6.31. The summed E-state index contributed by atoms with van der Waals surface area (Å²) in [5.41, 5.74) is 1.91. The van der Waals surface area contributed by atoms with E-state index in [9.17, 15) is 9.59 Å². The first-order valence-corrected chi connectivity index (χ1v) is 8.13. The lowest BCUT2D eigenvalue weighted by Gasteiger charge is -2.11. The molecule has 2 aromatic carbocycles. The maximum Gasteiger partial charge on any atom is 0.224 e. The van der Waals surface area contributed by atoms with Gasteiger partial charge in [-0.1, -0.05) is 23.2 Å². The summed E-state index contributed by atoms with van der Waals surface area (Å²) in [5, 5.41) is 3.20. The van der Waals surface area contributed by atoms with E-state index in [0.717, 1.165) is 5.56 Å². The maximum absolute atomic E-state index is 12.4. The molecular formula is C19H20ClNO4. The molecule has 0 fully saturated rings. The van der Waals surface area contributed by atoms with Crippen LogP contribution in [0.4, 0.5) is 5.69 Å². The van der Waals surface area contributed by atoms with Gasteiger partial charge in [-0.3, -0.25) is 9.59 Å². The molecule has 0 atom stereocenters. The molecule has 0 unspecified atom stereocenters. The quantitative estimate of drug-likeness (QED) is 0.748. The fraction of sp³-hybridized carbons (Fsp3) is 0.263. The molecular weight excluding hydrogens is 342 g/mol. The van der Waals surface area contributed by atoms with Crippen LogP contribution in [0.25, 0.3) is 0 Å². The van der Waals surface area contributed by atoms with E-state index in [1.165, 1.54) is 14.2 Å². The number of amides is 1. The predicted octanol–water partition coefficient (Wildman–Crippen LogP) is 4.27. The Morgan fingerprint density at radius 2 is 1.68 bits per heavy atom. The normalized spacial score (nSPS) is 10.2. The first-order valence-electron chi connectivity index (χ1n) is 7.76. The molecule has 5 nitrogen and oxygen atoms in total. The average Bonchev–Trinajstić information content (AvgIpc) is 2.60. The molecule has 0 saturated heterocycles. The van der Waals surface area contributed by atoms with Gasteiger partial charge in [0.1, 0.15) is 11.5 Å². The molecule has 0 saturated carbocycles. The number of Topliss-reactive ketones (excluding diaryl/α,β-unsaturated/α-hetero) is 1. The van der Waals surface area contributed by atoms with Gasteiger partial charge in [0, 0.05) is 17.9 Å². The van der Waals surface area contributed by atoms with Crippen LogP contribution in [0.2, 0.25) is 5.02 Å². The van der Waals surface area contributed by atoms with Crippen molar-refractivity contribution in [2.24, 2.45) is 0 Å². The van der Waals surface area contributed by atoms with Crippen LogP contribution in [0.15, 0.2) is 36.4 Å². The molecule has 132 valence electrons. The second-order valence-electron chi connectivity index (χ2n) is 5.52. The predicted molar refractivity (Wildman–Crippen MR) is 97.9 cm³/mol. The molecule has 1 amide bonds. The Balaban J connectivity index is 2.02. The van der Waals surface area contributed by atoms with E-state index in [0.29, 0.717) is 27.8 Å². The zero-order chi connectivity index (χ0) is 18.4. The van der Waals surface area contributed by atoms with Crippen LogP contribution in [-0.2, 0) is 4.79 Å². The minimum atomic E-state index is -0.291. The second kappa shape index (κ2) is 8.53. The SMILES string of the molecule is COc1ccc(Cl)cc1NC(=O)CCC(=O)c1cc(C)ccc1OC. The van der Waals surface area contributed by atoms with Crippen molar-refractivity contribution in [1.29, 1.82) is 0 Å². The van der Waals surface area contributed by atoms with Crippen LogP contribution in [0.1, 0.15) is 28.8 Å². The number of carbonyl (C=O) groups is 2. The summed E-state index contributed by atoms with van der Waals surface area (Å²) in [6, 6.07) is 10.3. The van der Waals surface area contributed by atoms with E-state index in [4.69, 9.17) is 21.1 Å². The molecule has 0 bridgehead atoms. The van der Waals surface area contributed by atoms with Crippen molar-refractivity contribution in [1.82, 2.24) is 0 Å². The molecule has 0 heterocycles. The van der Waals surface area contributed by atoms with Gasteiger partial charge in [0.25, 0.3) is 0 Å². The van der Waals surface area contributed by atoms with Crippen LogP contribution in [-0.4, -0.2) is 25.9 Å². The molecule has 0 spiro atoms. The number of methoxy groups -OCH3 is 2. The van der Waals surface area contributed by atoms with E-state index in [-0.39, 0.29) is 24.5 Å². The zero-order valence-electron chi connectivity index (χ0n) is 14.4. The summed E-state index contributed by atoms with van der Waals surface area (Å²) >= 11 is 5.94. The highest BCUT2D eigenvalue weighted by atomic mass is 35.5. The fourth-order valence-corrected chi connectivity index (χ4v) is 2.56. The van der Waals surface area contributed by atoms with E-state index >= 15 is 0 Å². The molecule has 0 aliphatic rings. The number of hydrogen-bond donors (Lipinski definition) is 1. The Bertz CT molecular complexity index is 789. The molecule has 0 radical (unpaired) electrons. The molecule has 0 aliphatic carbocycles. The van der Waals surface area contributed by atoms with E-state index in [2.05, 4.69) is 5.32 Å². The molecule has 6 heteroatoms. The van der Waals surface area contributed by atoms with E-state index in [1.54, 1.807) is 30.3 Å². The number of nitrogens with one attached hydrogen (secondary N) is 1. The third kappa shape index (κ3) is 4.97. The van der Waals surface area contributed by atoms with Crippen LogP contribution < -0.4 is 14.8 Å². The number of carbonyl (C=O) groups excluding carboxylic acids is 2. The number of ether oxygens (including phenoxy) is 2. The van der Waals surface area contributed by atoms with Crippen molar-refractivity contribution >= 4 is 29.0 Å². The number of hydrogen-bond acceptors (Lipinski definition) is 4. The number of rotatable bonds is 7. The summed E-state index contributed by atoms with van der Waals surface area (Å²) in [7, 11) is 3.02. The first-order chi connectivity index (χ1) is 11.9. The van der Waals surface area contributed by atoms with Crippen molar-refractivity contribution < 1.29 is 19.1 Å². The van der Waals surface area contributed by atoms with Gasteiger partial charge < -0.3 is 14.8 Å². The van der Waals surface area contributed by atoms with Gasteiger partial charge in [-0.05, 0) is 37.3 Å². The summed E-state index contributed by atoms with van der Waals surface area (Å²) in [5.74, 6) is 0.575. The average molecular weight is 362 g/mol. The highest BCUT2D eigenvalue weighted by Crippen LogP contribution is 2.28. The Morgan fingerprint density at radius 3 is 2.36 bits per heavy atom. The van der Waals surface area contributed by atoms with Gasteiger partial charge in [0.05, 0.1) is 25.5 Å². The summed E-state index contributed by atoms with van der Waals surface area (Å²) in [4.78, 5) is 24.6. The van der Waals surface area contributed by atoms with Crippen LogP contribution in [0.5, 0.6) is 11.5 Å². The molecule has 25 heavy (non-hydrogen) atoms. The van der Waals surface area contributed by atoms with Gasteiger partial charge in [0.2, 0.25) is 5.91 Å². The van der Waals surface area contributed by atoms with Gasteiger partial charge >= 0.3 is 0 Å². The lowest BCUT2D eigenvalue weighted by Crippen LogP contribution is -2.14. The summed E-state index contributed by atoms with van der Waals surface area (Å²) in [6.45, 7) is 1.90. The molecule has 0 aliphatic heterocycles. The largest absolute Gasteiger partial charge is 0.496 e. The minimum absolute atomic E-state index is 0.0472. The Labute approximate surface area is 151 Å². The van der Waals surface area contributed by atoms with Gasteiger partial charge in [-0.15, -0.1) is 0 Å². The number of anilines is 1. The molecule has 1 N–H and O–H groups in total. The second-order valence-corrected chi connectivity index (χ2v) is 5.96. The van der Waals surface area contributed by atoms with E-state index < -0.39 is 0 Å². The third-order valence-electron chi connectivity index (χ3n) is 3.67. The number of aryl methyl sites for hydroxylation is 1. The van der Waals surface area contributed by atoms with Crippen LogP contribution in [0.3, 0.4) is 0 Å². The van der Waals surface area contributed by atoms with Gasteiger partial charge in [-0.25, -0.2) is 0 Å². The van der Waals surface area contributed by atoms with Crippen molar-refractivity contribution in [3.8, 4) is 11.5 Å². The third-order valence-corrected chi connectivity index (χ3v) is 3.91. The van der Waals surface area contributed by atoms with Crippen LogP contribution >= 0.6 is 11.6 Å². The Kier molecular flexibility index (Phi) is 6.42. The lowest BCUT2D eigenvalue weighted by atomic mass is 10.0. The zero-order valence-corrected chi connectivity index (χ0v) is 15.1. The lowest BCUT2D eigenvalue weighted by molar-refractivity contribution is -0.116. The molecule has 0 aromatic heterocycles. The molecule has 2 aromatic rings. The summed E-state index contributed by atoms with van der Waals surface area (Å²) < 4.78 is 10.4. The van der Waals surface area contributed by atoms with Crippen molar-refractivity contribution in [3.63, 3.8) is 0 Å². The van der Waals surface area contributed by atoms with E-state index in [1.807, 2.05) is 13.0 Å². The summed E-state index contributed by atoms with van der Waals surface area (Å²) in [6.07, 6.45) is 0.125. The van der Waals surface area contributed by atoms with Crippen molar-refractivity contribution in [2.75, 3.05) is 19.5 Å². The van der Waals surface area contributed by atoms with Crippen molar-refractivity contribution in [2.45, 2.75) is 19.8 Å². The number of ketones is 1. The maximum atomic E-state index is 12.4. The Morgan fingerprint density at radius 1 is 1.00 bits per heavy atom. The minimum Gasteiger partial charge on any atom is -0.496 e. The number of halogens is 1. The van der Waals surface area contributed by atoms with Gasteiger partial charge in [0.15, 0.2) is 5.78 Å². The molecule has 2 rings (SSSR count). The van der Waals surface area contributed by atoms with Gasteiger partial charge in [-0.2, -0.15) is 0 Å². The smallest absolute Gasteiger partial charge is 0.224 e. The number of benzene rings is 2. The fourth-order valence-electron chi connectivity index (χ4n) is 2.39. The topological polar surface area (TPSA) is 64.6 Å². The monoisotopic (exact) mass is 361 g/mol. The van der Waals surface area contributed by atoms with Crippen LogP contribution in [0, 0.1) is 6.92 Å². The Hall–Kier alpha value is -2.53. The standard InChI is InChI=1S/C19H20ClNO4/c1-12-4-7-17(24-2)14(10-12)16(22)6-9-19(23)21-15-11-13(20)5-8-18(15)25-3/h4-5,7-8,10-11H,6,9H2,1-3H3,(H,21,23). The first kappa shape index (κ1) is 18.8.